The highest BCUT2D eigenvalue weighted by molar-refractivity contribution is 5.23. The maximum absolute atomic E-state index is 11.6. The first-order chi connectivity index (χ1) is 8.11. The fraction of sp³-hybridized carbons (Fsp3) is 0.600. The van der Waals surface area contributed by atoms with Crippen LogP contribution in [0.1, 0.15) is 19.1 Å². The van der Waals surface area contributed by atoms with Gasteiger partial charge in [0.2, 0.25) is 0 Å². The van der Waals surface area contributed by atoms with Crippen molar-refractivity contribution >= 4 is 5.82 Å². The van der Waals surface area contributed by atoms with Gasteiger partial charge in [-0.05, 0) is 18.9 Å². The molecule has 1 aromatic rings. The lowest BCUT2D eigenvalue weighted by molar-refractivity contribution is -0.160. The molecule has 0 saturated carbocycles. The molecule has 1 aromatic heterocycles. The van der Waals surface area contributed by atoms with Crippen molar-refractivity contribution in [1.82, 2.24) is 9.55 Å². The summed E-state index contributed by atoms with van der Waals surface area (Å²) in [5.41, 5.74) is 4.89. The molecule has 0 radical (unpaired) electrons. The van der Waals surface area contributed by atoms with Gasteiger partial charge in [0.05, 0.1) is 12.7 Å². The lowest BCUT2D eigenvalue weighted by atomic mass is 10.0. The van der Waals surface area contributed by atoms with Crippen molar-refractivity contribution in [2.24, 2.45) is 0 Å². The molecule has 0 amide bonds. The van der Waals surface area contributed by atoms with Crippen molar-refractivity contribution < 1.29 is 14.9 Å². The van der Waals surface area contributed by atoms with E-state index in [0.717, 1.165) is 0 Å². The minimum atomic E-state index is -0.700. The van der Waals surface area contributed by atoms with E-state index in [0.29, 0.717) is 12.8 Å². The molecular formula is C10H15N3O4. The molecule has 1 saturated heterocycles. The summed E-state index contributed by atoms with van der Waals surface area (Å²) in [7, 11) is 0. The van der Waals surface area contributed by atoms with Crippen molar-refractivity contribution in [3.05, 3.63) is 22.7 Å². The molecule has 3 atom stereocenters. The number of aliphatic hydroxyl groups is 2. The summed E-state index contributed by atoms with van der Waals surface area (Å²) >= 11 is 0. The van der Waals surface area contributed by atoms with Crippen molar-refractivity contribution in [2.45, 2.75) is 31.3 Å². The van der Waals surface area contributed by atoms with E-state index in [1.807, 2.05) is 0 Å². The summed E-state index contributed by atoms with van der Waals surface area (Å²) < 4.78 is 6.75. The number of aliphatic hydroxyl groups excluding tert-OH is 2. The second-order valence-corrected chi connectivity index (χ2v) is 4.00. The van der Waals surface area contributed by atoms with E-state index in [9.17, 15) is 9.90 Å². The molecule has 0 bridgehead atoms. The summed E-state index contributed by atoms with van der Waals surface area (Å²) in [6, 6.07) is 1.50. The Morgan fingerprint density at radius 1 is 1.59 bits per heavy atom. The molecule has 1 fully saturated rings. The van der Waals surface area contributed by atoms with Gasteiger partial charge in [0.25, 0.3) is 0 Å². The number of anilines is 1. The van der Waals surface area contributed by atoms with Gasteiger partial charge in [-0.1, -0.05) is 0 Å². The largest absolute Gasteiger partial charge is 0.394 e. The van der Waals surface area contributed by atoms with Crippen LogP contribution in [0.4, 0.5) is 5.82 Å². The Hall–Kier alpha value is -1.44. The van der Waals surface area contributed by atoms with Gasteiger partial charge >= 0.3 is 5.69 Å². The summed E-state index contributed by atoms with van der Waals surface area (Å²) in [5.74, 6) is 0.154. The molecule has 0 aromatic carbocycles. The van der Waals surface area contributed by atoms with E-state index < -0.39 is 24.1 Å². The van der Waals surface area contributed by atoms with Crippen LogP contribution >= 0.6 is 0 Å². The zero-order chi connectivity index (χ0) is 12.4. The Labute approximate surface area is 97.5 Å². The van der Waals surface area contributed by atoms with Crippen LogP contribution in [0.15, 0.2) is 17.1 Å². The van der Waals surface area contributed by atoms with Gasteiger partial charge in [-0.15, -0.1) is 0 Å². The van der Waals surface area contributed by atoms with Crippen LogP contribution in [0.2, 0.25) is 0 Å². The zero-order valence-electron chi connectivity index (χ0n) is 9.19. The molecule has 1 aliphatic heterocycles. The minimum absolute atomic E-state index is 0.154. The summed E-state index contributed by atoms with van der Waals surface area (Å²) in [6.07, 6.45) is 0.570. The number of hydrogen-bond acceptors (Lipinski definition) is 6. The number of nitrogens with two attached hydrogens (primary N) is 1. The number of ether oxygens (including phenoxy) is 1. The normalized spacial score (nSPS) is 29.2. The number of hydrogen-bond donors (Lipinski definition) is 3. The van der Waals surface area contributed by atoms with Crippen LogP contribution in [-0.2, 0) is 4.74 Å². The van der Waals surface area contributed by atoms with Gasteiger partial charge in [-0.3, -0.25) is 4.57 Å². The molecule has 1 aliphatic rings. The molecule has 4 N–H and O–H groups in total. The van der Waals surface area contributed by atoms with Crippen LogP contribution in [0.5, 0.6) is 0 Å². The predicted molar refractivity (Wildman–Crippen MR) is 59.1 cm³/mol. The number of nitrogens with zero attached hydrogens (tertiary/aromatic N) is 2. The third-order valence-electron chi connectivity index (χ3n) is 2.81. The highest BCUT2D eigenvalue weighted by atomic mass is 16.5. The summed E-state index contributed by atoms with van der Waals surface area (Å²) in [5, 5.41) is 18.6. The maximum atomic E-state index is 11.6. The molecule has 94 valence electrons. The Morgan fingerprint density at radius 2 is 2.35 bits per heavy atom. The Morgan fingerprint density at radius 3 is 3.00 bits per heavy atom. The average molecular weight is 241 g/mol. The van der Waals surface area contributed by atoms with Crippen molar-refractivity contribution in [2.75, 3.05) is 12.3 Å². The van der Waals surface area contributed by atoms with Crippen LogP contribution in [-0.4, -0.2) is 38.6 Å². The van der Waals surface area contributed by atoms with E-state index >= 15 is 0 Å². The second-order valence-electron chi connectivity index (χ2n) is 4.00. The van der Waals surface area contributed by atoms with E-state index in [1.165, 1.54) is 16.8 Å². The van der Waals surface area contributed by atoms with E-state index in [4.69, 9.17) is 15.6 Å². The third-order valence-corrected chi connectivity index (χ3v) is 2.81. The molecule has 0 spiro atoms. The van der Waals surface area contributed by atoms with E-state index in [-0.39, 0.29) is 12.4 Å². The second kappa shape index (κ2) is 4.82. The highest BCUT2D eigenvalue weighted by Crippen LogP contribution is 2.25. The molecule has 7 nitrogen and oxygen atoms in total. The standard InChI is InChI=1S/C10H15N3O4/c11-8-3-4-13(10(16)12-8)9-2-1-6(15)7(5-14)17-9/h3-4,6-7,9,14-15H,1-2,5H2,(H2,11,12,16)/t6-,7-,9-/m1/s1. The molecule has 17 heavy (non-hydrogen) atoms. The van der Waals surface area contributed by atoms with Gasteiger partial charge in [-0.25, -0.2) is 4.79 Å². The molecule has 0 aliphatic carbocycles. The Bertz CT molecular complexity index is 447. The van der Waals surface area contributed by atoms with Crippen LogP contribution in [0.25, 0.3) is 0 Å². The zero-order valence-corrected chi connectivity index (χ0v) is 9.19. The van der Waals surface area contributed by atoms with Gasteiger partial charge in [-0.2, -0.15) is 4.98 Å². The van der Waals surface area contributed by atoms with Gasteiger partial charge < -0.3 is 20.7 Å². The number of aromatic nitrogens is 2. The molecule has 0 unspecified atom stereocenters. The monoisotopic (exact) mass is 241 g/mol. The van der Waals surface area contributed by atoms with Crippen LogP contribution < -0.4 is 11.4 Å². The summed E-state index contributed by atoms with van der Waals surface area (Å²) in [6.45, 7) is -0.283. The fourth-order valence-electron chi connectivity index (χ4n) is 1.87. The molecule has 7 heteroatoms. The highest BCUT2D eigenvalue weighted by Gasteiger charge is 2.30. The number of rotatable bonds is 2. The smallest absolute Gasteiger partial charge is 0.351 e. The van der Waals surface area contributed by atoms with Crippen molar-refractivity contribution in [1.29, 1.82) is 0 Å². The first kappa shape index (κ1) is 12.0. The van der Waals surface area contributed by atoms with E-state index in [1.54, 1.807) is 0 Å². The molecule has 2 heterocycles. The molecule has 2 rings (SSSR count). The van der Waals surface area contributed by atoms with Gasteiger partial charge in [0.15, 0.2) is 0 Å². The third kappa shape index (κ3) is 2.46. The maximum Gasteiger partial charge on any atom is 0.351 e. The first-order valence-electron chi connectivity index (χ1n) is 5.41. The summed E-state index contributed by atoms with van der Waals surface area (Å²) in [4.78, 5) is 15.2. The minimum Gasteiger partial charge on any atom is -0.394 e. The van der Waals surface area contributed by atoms with Gasteiger partial charge in [0.1, 0.15) is 18.1 Å². The number of nitrogen functional groups attached to an aromatic ring is 1. The topological polar surface area (TPSA) is 111 Å². The van der Waals surface area contributed by atoms with Crippen LogP contribution in [0.3, 0.4) is 0 Å². The average Bonchev–Trinajstić information content (AvgIpc) is 2.30. The van der Waals surface area contributed by atoms with E-state index in [2.05, 4.69) is 4.98 Å². The van der Waals surface area contributed by atoms with Crippen molar-refractivity contribution in [3.8, 4) is 0 Å². The Balaban J connectivity index is 2.20. The predicted octanol–water partition coefficient (Wildman–Crippen LogP) is -1.14. The van der Waals surface area contributed by atoms with Crippen LogP contribution in [0, 0.1) is 0 Å². The SMILES string of the molecule is Nc1ccn([C@H]2CC[C@@H](O)[C@@H](CO)O2)c(=O)n1. The first-order valence-corrected chi connectivity index (χ1v) is 5.41. The lowest BCUT2D eigenvalue weighted by Gasteiger charge is -2.33. The quantitative estimate of drug-likeness (QED) is 0.603. The Kier molecular flexibility index (Phi) is 3.41. The molecular weight excluding hydrogens is 226 g/mol. The van der Waals surface area contributed by atoms with Gasteiger partial charge in [0, 0.05) is 6.20 Å². The fourth-order valence-corrected chi connectivity index (χ4v) is 1.87. The van der Waals surface area contributed by atoms with Crippen molar-refractivity contribution in [3.63, 3.8) is 0 Å². The lowest BCUT2D eigenvalue weighted by Crippen LogP contribution is -2.42.